The predicted octanol–water partition coefficient (Wildman–Crippen LogP) is 16.4. The highest BCUT2D eigenvalue weighted by atomic mass is 15.2. The number of hydrogen-bond donors (Lipinski definition) is 0. The fraction of sp³-hybridized carbons (Fsp3) is 0.0161. The zero-order valence-corrected chi connectivity index (χ0v) is 36.1. The minimum absolute atomic E-state index is 0.771. The molecule has 0 atom stereocenters. The standard InChI is InChI=1S/C62H42N4/c1-2-42-33-34-45(44-35-36-57-52(38-44)49-27-15-17-30-55(49)65(57)60-40-51(43-21-8-4-9-22-43)47-25-14-16-29-54(47)63-60)39-59(42)64(46-23-10-5-11-24-46)62-53(37-41-19-6-3-7-20-41)61-50-28-13-12-26-48(50)56-31-18-32-58(62)66(56)61/h2-36,38-40H,1,37H2. The van der Waals surface area contributed by atoms with Crippen LogP contribution in [0.5, 0.6) is 0 Å². The average molecular weight is 843 g/mol. The maximum Gasteiger partial charge on any atom is 0.138 e. The van der Waals surface area contributed by atoms with Gasteiger partial charge in [0.05, 0.1) is 44.5 Å². The molecule has 0 bridgehead atoms. The first-order chi connectivity index (χ1) is 32.7. The molecule has 13 rings (SSSR count). The smallest absolute Gasteiger partial charge is 0.138 e. The lowest BCUT2D eigenvalue weighted by Crippen LogP contribution is -2.13. The van der Waals surface area contributed by atoms with Crippen molar-refractivity contribution >= 4 is 83.2 Å². The number of nitrogens with zero attached hydrogens (tertiary/aromatic N) is 4. The Morgan fingerprint density at radius 3 is 1.86 bits per heavy atom. The van der Waals surface area contributed by atoms with E-state index in [2.05, 4.69) is 245 Å². The van der Waals surface area contributed by atoms with Crippen molar-refractivity contribution in [3.63, 3.8) is 0 Å². The van der Waals surface area contributed by atoms with Crippen LogP contribution in [0.25, 0.3) is 94.2 Å². The topological polar surface area (TPSA) is 25.5 Å². The molecule has 13 aromatic rings. The summed E-state index contributed by atoms with van der Waals surface area (Å²) in [7, 11) is 0. The molecule has 0 saturated carbocycles. The van der Waals surface area contributed by atoms with Gasteiger partial charge in [0.25, 0.3) is 0 Å². The van der Waals surface area contributed by atoms with Gasteiger partial charge in [0.1, 0.15) is 5.82 Å². The Hall–Kier alpha value is -8.73. The third-order valence-electron chi connectivity index (χ3n) is 13.5. The zero-order chi connectivity index (χ0) is 43.7. The summed E-state index contributed by atoms with van der Waals surface area (Å²) in [6, 6.07) is 81.1. The molecule has 8 aromatic carbocycles. The van der Waals surface area contributed by atoms with Gasteiger partial charge in [0.15, 0.2) is 0 Å². The molecule has 4 nitrogen and oxygen atoms in total. The normalized spacial score (nSPS) is 11.8. The Morgan fingerprint density at radius 2 is 1.08 bits per heavy atom. The Balaban J connectivity index is 1.03. The van der Waals surface area contributed by atoms with E-state index in [0.717, 1.165) is 67.8 Å². The fourth-order valence-electron chi connectivity index (χ4n) is 10.5. The highest BCUT2D eigenvalue weighted by Gasteiger charge is 2.28. The number of anilines is 3. The Kier molecular flexibility index (Phi) is 8.72. The third kappa shape index (κ3) is 5.89. The van der Waals surface area contributed by atoms with Gasteiger partial charge in [0, 0.05) is 44.6 Å². The van der Waals surface area contributed by atoms with Crippen LogP contribution in [-0.2, 0) is 6.42 Å². The fourth-order valence-corrected chi connectivity index (χ4v) is 10.5. The molecule has 5 aromatic heterocycles. The minimum Gasteiger partial charge on any atom is -0.307 e. The highest BCUT2D eigenvalue weighted by Crippen LogP contribution is 2.49. The van der Waals surface area contributed by atoms with Crippen molar-refractivity contribution in [2.24, 2.45) is 0 Å². The predicted molar refractivity (Wildman–Crippen MR) is 278 cm³/mol. The molecular weight excluding hydrogens is 801 g/mol. The van der Waals surface area contributed by atoms with E-state index in [4.69, 9.17) is 4.98 Å². The van der Waals surface area contributed by atoms with Crippen LogP contribution in [0.3, 0.4) is 0 Å². The van der Waals surface area contributed by atoms with Crippen LogP contribution < -0.4 is 4.90 Å². The first-order valence-electron chi connectivity index (χ1n) is 22.6. The molecule has 4 heteroatoms. The van der Waals surface area contributed by atoms with E-state index >= 15 is 0 Å². The van der Waals surface area contributed by atoms with Crippen molar-refractivity contribution in [3.8, 4) is 28.1 Å². The van der Waals surface area contributed by atoms with Gasteiger partial charge in [-0.25, -0.2) is 4.98 Å². The summed E-state index contributed by atoms with van der Waals surface area (Å²) in [5.41, 5.74) is 18.4. The highest BCUT2D eigenvalue weighted by molar-refractivity contribution is 6.16. The van der Waals surface area contributed by atoms with E-state index in [1.807, 2.05) is 6.08 Å². The van der Waals surface area contributed by atoms with Gasteiger partial charge in [-0.2, -0.15) is 0 Å². The number of fused-ring (bicyclic) bond motifs is 7. The summed E-state index contributed by atoms with van der Waals surface area (Å²) in [4.78, 5) is 7.80. The molecule has 0 saturated heterocycles. The molecule has 0 spiro atoms. The van der Waals surface area contributed by atoms with Crippen molar-refractivity contribution in [3.05, 3.63) is 248 Å². The Morgan fingerprint density at radius 1 is 0.470 bits per heavy atom. The van der Waals surface area contributed by atoms with E-state index in [0.29, 0.717) is 0 Å². The molecule has 310 valence electrons. The van der Waals surface area contributed by atoms with Crippen molar-refractivity contribution in [1.29, 1.82) is 0 Å². The second-order valence-electron chi connectivity index (χ2n) is 17.2. The van der Waals surface area contributed by atoms with Crippen LogP contribution in [0.4, 0.5) is 17.1 Å². The molecule has 0 aliphatic heterocycles. The SMILES string of the molecule is C=Cc1ccc(-c2ccc3c(c2)c2ccccc2n3-c2cc(-c3ccccc3)c3ccccc3n2)cc1N(c1ccccc1)c1c(Cc2ccccc2)c2c3ccccc3c3cccc1n32. The molecule has 0 fully saturated rings. The average Bonchev–Trinajstić information content (AvgIpc) is 4.02. The molecule has 5 heterocycles. The molecule has 66 heavy (non-hydrogen) atoms. The van der Waals surface area contributed by atoms with Crippen LogP contribution in [0, 0.1) is 0 Å². The largest absolute Gasteiger partial charge is 0.307 e. The lowest BCUT2D eigenvalue weighted by atomic mass is 9.97. The summed E-state index contributed by atoms with van der Waals surface area (Å²) < 4.78 is 4.82. The molecule has 0 unspecified atom stereocenters. The second kappa shape index (κ2) is 15.2. The zero-order valence-electron chi connectivity index (χ0n) is 36.1. The number of hydrogen-bond acceptors (Lipinski definition) is 2. The lowest BCUT2D eigenvalue weighted by molar-refractivity contribution is 1.10. The van der Waals surface area contributed by atoms with Gasteiger partial charge < -0.3 is 9.30 Å². The van der Waals surface area contributed by atoms with E-state index in [-0.39, 0.29) is 0 Å². The number of rotatable bonds is 9. The Bertz CT molecular complexity index is 3980. The second-order valence-corrected chi connectivity index (χ2v) is 17.2. The van der Waals surface area contributed by atoms with Gasteiger partial charge in [0.2, 0.25) is 0 Å². The van der Waals surface area contributed by atoms with Crippen LogP contribution in [0.1, 0.15) is 16.7 Å². The summed E-state index contributed by atoms with van der Waals surface area (Å²) >= 11 is 0. The molecule has 0 amide bonds. The van der Waals surface area contributed by atoms with Gasteiger partial charge in [-0.15, -0.1) is 0 Å². The van der Waals surface area contributed by atoms with Gasteiger partial charge in [-0.3, -0.25) is 4.57 Å². The monoisotopic (exact) mass is 842 g/mol. The van der Waals surface area contributed by atoms with Crippen molar-refractivity contribution in [1.82, 2.24) is 14.0 Å². The Labute approximate surface area is 382 Å². The third-order valence-corrected chi connectivity index (χ3v) is 13.5. The minimum atomic E-state index is 0.771. The molecule has 0 aliphatic rings. The number of aromatic nitrogens is 3. The van der Waals surface area contributed by atoms with Gasteiger partial charge in [-0.1, -0.05) is 176 Å². The van der Waals surface area contributed by atoms with E-state index in [1.165, 1.54) is 60.5 Å². The lowest BCUT2D eigenvalue weighted by Gasteiger charge is -2.29. The molecule has 0 N–H and O–H groups in total. The van der Waals surface area contributed by atoms with Crippen molar-refractivity contribution < 1.29 is 0 Å². The first kappa shape index (κ1) is 37.8. The van der Waals surface area contributed by atoms with Crippen LogP contribution >= 0.6 is 0 Å². The van der Waals surface area contributed by atoms with Crippen molar-refractivity contribution in [2.75, 3.05) is 4.90 Å². The number of benzene rings is 8. The summed E-state index contributed by atoms with van der Waals surface area (Å²) in [5.74, 6) is 0.895. The summed E-state index contributed by atoms with van der Waals surface area (Å²) in [6.07, 6.45) is 2.77. The van der Waals surface area contributed by atoms with Crippen molar-refractivity contribution in [2.45, 2.75) is 6.42 Å². The summed E-state index contributed by atoms with van der Waals surface area (Å²) in [5, 5.41) is 6.03. The van der Waals surface area contributed by atoms with Crippen LogP contribution in [0.15, 0.2) is 231 Å². The van der Waals surface area contributed by atoms with Gasteiger partial charge in [-0.05, 0) is 94.0 Å². The van der Waals surface area contributed by atoms with Gasteiger partial charge >= 0.3 is 0 Å². The molecule has 0 radical (unpaired) electrons. The molecule has 0 aliphatic carbocycles. The number of para-hydroxylation sites is 3. The van der Waals surface area contributed by atoms with E-state index in [9.17, 15) is 0 Å². The van der Waals surface area contributed by atoms with E-state index in [1.54, 1.807) is 0 Å². The number of pyridine rings is 2. The molecular formula is C62H42N4. The maximum absolute atomic E-state index is 5.32. The van der Waals surface area contributed by atoms with E-state index < -0.39 is 0 Å². The van der Waals surface area contributed by atoms with Crippen LogP contribution in [-0.4, -0.2) is 14.0 Å². The quantitative estimate of drug-likeness (QED) is 0.145. The maximum atomic E-state index is 5.32. The summed E-state index contributed by atoms with van der Waals surface area (Å²) in [6.45, 7) is 4.39. The van der Waals surface area contributed by atoms with Crippen LogP contribution in [0.2, 0.25) is 0 Å². The first-order valence-corrected chi connectivity index (χ1v) is 22.6.